The molecular weight excluding hydrogens is 440 g/mol. The monoisotopic (exact) mass is 468 g/mol. The molecule has 0 spiro atoms. The number of piperidine rings is 1. The quantitative estimate of drug-likeness (QED) is 0.577. The summed E-state index contributed by atoms with van der Waals surface area (Å²) in [5, 5.41) is 22.8. The Bertz CT molecular complexity index is 1350. The number of aromatic hydroxyl groups is 1. The van der Waals surface area contributed by atoms with Gasteiger partial charge < -0.3 is 14.7 Å². The van der Waals surface area contributed by atoms with Crippen molar-refractivity contribution in [1.82, 2.24) is 14.9 Å². The van der Waals surface area contributed by atoms with Crippen LogP contribution in [0.25, 0.3) is 10.8 Å². The molecule has 5 rings (SSSR count). The highest BCUT2D eigenvalue weighted by atomic mass is 16.5. The third kappa shape index (κ3) is 3.99. The van der Waals surface area contributed by atoms with Crippen molar-refractivity contribution in [3.8, 4) is 17.8 Å². The number of fused-ring (bicyclic) bond motifs is 2. The smallest absolute Gasteiger partial charge is 0.316 e. The average molecular weight is 469 g/mol. The van der Waals surface area contributed by atoms with Crippen molar-refractivity contribution in [2.45, 2.75) is 43.4 Å². The SMILES string of the molecule is C=CC(=O)N1CCC(C#N)(c2nc(OC)nc3c2CCC(c2cc(O)cc4ccccc24)C3)CC1. The highest BCUT2D eigenvalue weighted by Crippen LogP contribution is 2.43. The van der Waals surface area contributed by atoms with Crippen LogP contribution in [0.3, 0.4) is 0 Å². The zero-order valence-corrected chi connectivity index (χ0v) is 19.8. The molecule has 1 saturated heterocycles. The van der Waals surface area contributed by atoms with Crippen molar-refractivity contribution >= 4 is 16.7 Å². The summed E-state index contributed by atoms with van der Waals surface area (Å²) in [5.41, 5.74) is 2.98. The van der Waals surface area contributed by atoms with Crippen molar-refractivity contribution in [1.29, 1.82) is 5.26 Å². The first-order valence-electron chi connectivity index (χ1n) is 12.0. The number of nitriles is 1. The molecule has 1 fully saturated rings. The summed E-state index contributed by atoms with van der Waals surface area (Å²) < 4.78 is 5.46. The molecule has 0 radical (unpaired) electrons. The van der Waals surface area contributed by atoms with Crippen LogP contribution < -0.4 is 4.74 Å². The zero-order chi connectivity index (χ0) is 24.6. The number of hydrogen-bond donors (Lipinski definition) is 1. The Kier molecular flexibility index (Phi) is 5.89. The van der Waals surface area contributed by atoms with E-state index in [1.807, 2.05) is 24.3 Å². The minimum absolute atomic E-state index is 0.111. The number of carbonyl (C=O) groups excluding carboxylic acids is 1. The molecular formula is C28H28N4O3. The van der Waals surface area contributed by atoms with Crippen LogP contribution in [0.1, 0.15) is 47.7 Å². The third-order valence-corrected chi connectivity index (χ3v) is 7.53. The van der Waals surface area contributed by atoms with Crippen LogP contribution in [0.4, 0.5) is 0 Å². The topological polar surface area (TPSA) is 99.3 Å². The van der Waals surface area contributed by atoms with E-state index in [4.69, 9.17) is 14.7 Å². The first kappa shape index (κ1) is 22.9. The van der Waals surface area contributed by atoms with Gasteiger partial charge in [0, 0.05) is 13.1 Å². The van der Waals surface area contributed by atoms with E-state index in [2.05, 4.69) is 18.7 Å². The van der Waals surface area contributed by atoms with Gasteiger partial charge >= 0.3 is 6.01 Å². The van der Waals surface area contributed by atoms with E-state index in [1.165, 1.54) is 6.08 Å². The summed E-state index contributed by atoms with van der Waals surface area (Å²) >= 11 is 0. The Labute approximate surface area is 204 Å². The summed E-state index contributed by atoms with van der Waals surface area (Å²) in [7, 11) is 1.54. The number of amides is 1. The van der Waals surface area contributed by atoms with E-state index in [9.17, 15) is 15.2 Å². The van der Waals surface area contributed by atoms with E-state index in [-0.39, 0.29) is 23.6 Å². The average Bonchev–Trinajstić information content (AvgIpc) is 2.91. The van der Waals surface area contributed by atoms with Gasteiger partial charge in [0.05, 0.1) is 24.6 Å². The molecule has 7 heteroatoms. The number of nitrogens with zero attached hydrogens (tertiary/aromatic N) is 4. The molecule has 35 heavy (non-hydrogen) atoms. The van der Waals surface area contributed by atoms with Crippen LogP contribution in [0, 0.1) is 11.3 Å². The Hall–Kier alpha value is -3.92. The standard InChI is InChI=1S/C28H28N4O3/c1-3-25(34)32-12-10-28(17-29,11-13-32)26-22-9-8-19(15-24(22)30-27(31-26)35-2)23-16-20(33)14-18-6-4-5-7-21(18)23/h3-7,14,16,19,33H,1,8-13,15H2,2H3. The van der Waals surface area contributed by atoms with Crippen molar-refractivity contribution in [2.75, 3.05) is 20.2 Å². The zero-order valence-electron chi connectivity index (χ0n) is 19.8. The number of aromatic nitrogens is 2. The maximum Gasteiger partial charge on any atom is 0.316 e. The van der Waals surface area contributed by atoms with Crippen LogP contribution in [0.2, 0.25) is 0 Å². The van der Waals surface area contributed by atoms with Gasteiger partial charge in [-0.2, -0.15) is 15.2 Å². The van der Waals surface area contributed by atoms with Gasteiger partial charge in [-0.25, -0.2) is 0 Å². The number of carbonyl (C=O) groups is 1. The lowest BCUT2D eigenvalue weighted by molar-refractivity contribution is -0.127. The molecule has 1 amide bonds. The van der Waals surface area contributed by atoms with E-state index < -0.39 is 5.41 Å². The molecule has 2 heterocycles. The molecule has 0 bridgehead atoms. The summed E-state index contributed by atoms with van der Waals surface area (Å²) in [4.78, 5) is 23.2. The highest BCUT2D eigenvalue weighted by molar-refractivity contribution is 5.88. The highest BCUT2D eigenvalue weighted by Gasteiger charge is 2.42. The fourth-order valence-corrected chi connectivity index (χ4v) is 5.65. The van der Waals surface area contributed by atoms with Gasteiger partial charge in [-0.3, -0.25) is 4.79 Å². The van der Waals surface area contributed by atoms with Crippen LogP contribution in [-0.4, -0.2) is 46.1 Å². The summed E-state index contributed by atoms with van der Waals surface area (Å²) in [6.45, 7) is 4.55. The predicted octanol–water partition coefficient (Wildman–Crippen LogP) is 4.19. The Morgan fingerprint density at radius 1 is 1.29 bits per heavy atom. The molecule has 2 aliphatic rings. The first-order valence-corrected chi connectivity index (χ1v) is 12.0. The fraction of sp³-hybridized carbons (Fsp3) is 0.357. The van der Waals surface area contributed by atoms with Crippen molar-refractivity contribution in [3.05, 3.63) is 71.6 Å². The molecule has 178 valence electrons. The minimum atomic E-state index is -0.789. The summed E-state index contributed by atoms with van der Waals surface area (Å²) in [5.74, 6) is 0.326. The van der Waals surface area contributed by atoms with E-state index in [0.717, 1.165) is 46.1 Å². The lowest BCUT2D eigenvalue weighted by atomic mass is 9.71. The number of rotatable bonds is 4. The Morgan fingerprint density at radius 3 is 2.77 bits per heavy atom. The molecule has 1 unspecified atom stereocenters. The van der Waals surface area contributed by atoms with Gasteiger partial charge in [-0.1, -0.05) is 30.8 Å². The Balaban J connectivity index is 1.53. The predicted molar refractivity (Wildman–Crippen MR) is 132 cm³/mol. The third-order valence-electron chi connectivity index (χ3n) is 7.53. The van der Waals surface area contributed by atoms with Gasteiger partial charge in [0.25, 0.3) is 0 Å². The summed E-state index contributed by atoms with van der Waals surface area (Å²) in [6.07, 6.45) is 4.62. The molecule has 2 aromatic carbocycles. The first-order chi connectivity index (χ1) is 17.0. The second-order valence-electron chi connectivity index (χ2n) is 9.40. The number of phenols is 1. The number of likely N-dealkylation sites (tertiary alicyclic amines) is 1. The van der Waals surface area contributed by atoms with Crippen LogP contribution >= 0.6 is 0 Å². The molecule has 3 aromatic rings. The van der Waals surface area contributed by atoms with E-state index in [0.29, 0.717) is 32.4 Å². The molecule has 1 atom stereocenters. The maximum absolute atomic E-state index is 12.1. The fourth-order valence-electron chi connectivity index (χ4n) is 5.65. The number of benzene rings is 2. The second kappa shape index (κ2) is 9.03. The normalized spacial score (nSPS) is 19.0. The minimum Gasteiger partial charge on any atom is -0.508 e. The van der Waals surface area contributed by atoms with Crippen molar-refractivity contribution < 1.29 is 14.6 Å². The van der Waals surface area contributed by atoms with E-state index >= 15 is 0 Å². The molecule has 1 aliphatic heterocycles. The van der Waals surface area contributed by atoms with E-state index in [1.54, 1.807) is 18.1 Å². The molecule has 1 N–H and O–H groups in total. The van der Waals surface area contributed by atoms with Crippen molar-refractivity contribution in [3.63, 3.8) is 0 Å². The number of ether oxygens (including phenoxy) is 1. The van der Waals surface area contributed by atoms with Crippen LogP contribution in [0.5, 0.6) is 11.8 Å². The van der Waals surface area contributed by atoms with Gasteiger partial charge in [0.2, 0.25) is 5.91 Å². The molecule has 1 aromatic heterocycles. The molecule has 0 saturated carbocycles. The number of phenolic OH excluding ortho intramolecular Hbond substituents is 1. The lowest BCUT2D eigenvalue weighted by Crippen LogP contribution is -2.45. The van der Waals surface area contributed by atoms with Gasteiger partial charge in [0.15, 0.2) is 0 Å². The van der Waals surface area contributed by atoms with Gasteiger partial charge in [-0.05, 0) is 78.1 Å². The Morgan fingerprint density at radius 2 is 2.06 bits per heavy atom. The number of hydrogen-bond acceptors (Lipinski definition) is 6. The summed E-state index contributed by atoms with van der Waals surface area (Å²) in [6, 6.07) is 14.6. The van der Waals surface area contributed by atoms with Gasteiger partial charge in [-0.15, -0.1) is 0 Å². The van der Waals surface area contributed by atoms with Gasteiger partial charge in [0.1, 0.15) is 11.2 Å². The molecule has 7 nitrogen and oxygen atoms in total. The van der Waals surface area contributed by atoms with Crippen LogP contribution in [0.15, 0.2) is 49.1 Å². The largest absolute Gasteiger partial charge is 0.508 e. The lowest BCUT2D eigenvalue weighted by Gasteiger charge is -2.38. The second-order valence-corrected chi connectivity index (χ2v) is 9.40. The van der Waals surface area contributed by atoms with Crippen molar-refractivity contribution in [2.24, 2.45) is 0 Å². The van der Waals surface area contributed by atoms with Crippen LogP contribution in [-0.2, 0) is 23.1 Å². The maximum atomic E-state index is 12.1. The molecule has 1 aliphatic carbocycles. The number of methoxy groups -OCH3 is 1.